The Bertz CT molecular complexity index is 987. The molecule has 6 nitrogen and oxygen atoms in total. The fourth-order valence-corrected chi connectivity index (χ4v) is 4.89. The van der Waals surface area contributed by atoms with E-state index in [-0.39, 0.29) is 12.0 Å². The van der Waals surface area contributed by atoms with Crippen molar-refractivity contribution in [3.63, 3.8) is 0 Å². The quantitative estimate of drug-likeness (QED) is 0.573. The molecule has 2 atom stereocenters. The van der Waals surface area contributed by atoms with E-state index >= 15 is 0 Å². The van der Waals surface area contributed by atoms with E-state index in [0.29, 0.717) is 30.2 Å². The molecule has 0 saturated carbocycles. The molecule has 158 valence electrons. The molecule has 2 bridgehead atoms. The van der Waals surface area contributed by atoms with Crippen LogP contribution < -0.4 is 4.90 Å². The van der Waals surface area contributed by atoms with Gasteiger partial charge in [-0.3, -0.25) is 4.90 Å². The summed E-state index contributed by atoms with van der Waals surface area (Å²) >= 11 is 0. The van der Waals surface area contributed by atoms with E-state index in [4.69, 9.17) is 4.74 Å². The summed E-state index contributed by atoms with van der Waals surface area (Å²) < 4.78 is 5.03. The molecule has 31 heavy (non-hydrogen) atoms. The molecule has 6 heteroatoms. The fraction of sp³-hybridized carbons (Fsp3) is 0.320. The molecule has 2 saturated heterocycles. The molecule has 2 aromatic carbocycles. The second kappa shape index (κ2) is 8.47. The summed E-state index contributed by atoms with van der Waals surface area (Å²) in [4.78, 5) is 25.7. The molecule has 5 rings (SSSR count). The number of esters is 1. The second-order valence-corrected chi connectivity index (χ2v) is 8.11. The third-order valence-electron chi connectivity index (χ3n) is 6.25. The Kier molecular flexibility index (Phi) is 5.38. The summed E-state index contributed by atoms with van der Waals surface area (Å²) in [5.41, 5.74) is 3.04. The number of rotatable bonds is 6. The average molecular weight is 415 g/mol. The minimum atomic E-state index is -0.378. The fourth-order valence-electron chi connectivity index (χ4n) is 4.89. The van der Waals surface area contributed by atoms with E-state index in [9.17, 15) is 4.79 Å². The number of carbonyl (C=O) groups excluding carboxylic acids is 1. The lowest BCUT2D eigenvalue weighted by Crippen LogP contribution is -2.48. The first-order valence-electron chi connectivity index (χ1n) is 10.9. The highest BCUT2D eigenvalue weighted by molar-refractivity contribution is 5.88. The van der Waals surface area contributed by atoms with Crippen LogP contribution in [0.3, 0.4) is 0 Å². The summed E-state index contributed by atoms with van der Waals surface area (Å²) in [6, 6.07) is 22.5. The first-order valence-corrected chi connectivity index (χ1v) is 10.9. The molecule has 0 unspecified atom stereocenters. The predicted molar refractivity (Wildman–Crippen MR) is 119 cm³/mol. The van der Waals surface area contributed by atoms with Crippen molar-refractivity contribution in [2.75, 3.05) is 24.6 Å². The summed E-state index contributed by atoms with van der Waals surface area (Å²) in [7, 11) is 0. The average Bonchev–Trinajstić information content (AvgIpc) is 3.42. The van der Waals surface area contributed by atoms with Gasteiger partial charge in [0.05, 0.1) is 18.2 Å². The summed E-state index contributed by atoms with van der Waals surface area (Å²) in [6.07, 6.45) is 4.24. The topological polar surface area (TPSA) is 58.6 Å². The van der Waals surface area contributed by atoms with Gasteiger partial charge in [-0.15, -0.1) is 0 Å². The molecular weight excluding hydrogens is 388 g/mol. The van der Waals surface area contributed by atoms with Crippen LogP contribution in [0.15, 0.2) is 73.1 Å². The molecule has 2 aliphatic rings. The number of hydrogen-bond acceptors (Lipinski definition) is 6. The Morgan fingerprint density at radius 1 is 0.968 bits per heavy atom. The van der Waals surface area contributed by atoms with Gasteiger partial charge in [-0.05, 0) is 24.5 Å². The number of aromatic nitrogens is 2. The smallest absolute Gasteiger partial charge is 0.341 e. The summed E-state index contributed by atoms with van der Waals surface area (Å²) in [5, 5.41) is 0. The number of fused-ring (bicyclic) bond motifs is 2. The van der Waals surface area contributed by atoms with Crippen LogP contribution in [0.4, 0.5) is 5.95 Å². The van der Waals surface area contributed by atoms with Gasteiger partial charge in [0.1, 0.15) is 0 Å². The number of ether oxygens (including phenoxy) is 1. The van der Waals surface area contributed by atoms with Crippen LogP contribution in [0.1, 0.15) is 40.9 Å². The largest absolute Gasteiger partial charge is 0.462 e. The normalized spacial score (nSPS) is 20.4. The molecule has 0 spiro atoms. The third kappa shape index (κ3) is 3.79. The third-order valence-corrected chi connectivity index (χ3v) is 6.25. The van der Waals surface area contributed by atoms with Gasteiger partial charge in [0.25, 0.3) is 0 Å². The molecule has 0 radical (unpaired) electrons. The van der Waals surface area contributed by atoms with Crippen LogP contribution in [0.2, 0.25) is 0 Å². The standard InChI is InChI=1S/C25H26N4O2/c1-2-31-24(30)20-14-26-25(27-15-20)29-17-21-13-22(29)16-28(21)23(18-9-5-3-6-10-18)19-11-7-4-8-12-19/h3-12,14-15,21-23H,2,13,16-17H2,1H3/t21-,22-/m1/s1. The Labute approximate surface area is 182 Å². The monoisotopic (exact) mass is 414 g/mol. The summed E-state index contributed by atoms with van der Waals surface area (Å²) in [6.45, 7) is 3.98. The molecule has 2 aliphatic heterocycles. The Morgan fingerprint density at radius 3 is 2.10 bits per heavy atom. The van der Waals surface area contributed by atoms with Crippen molar-refractivity contribution in [1.29, 1.82) is 0 Å². The highest BCUT2D eigenvalue weighted by atomic mass is 16.5. The Hall–Kier alpha value is -3.25. The van der Waals surface area contributed by atoms with Gasteiger partial charge in [0.2, 0.25) is 5.95 Å². The molecular formula is C25H26N4O2. The van der Waals surface area contributed by atoms with E-state index in [2.05, 4.69) is 80.4 Å². The summed E-state index contributed by atoms with van der Waals surface area (Å²) in [5.74, 6) is 0.313. The van der Waals surface area contributed by atoms with Gasteiger partial charge in [-0.2, -0.15) is 0 Å². The van der Waals surface area contributed by atoms with Crippen molar-refractivity contribution in [1.82, 2.24) is 14.9 Å². The Morgan fingerprint density at radius 2 is 1.58 bits per heavy atom. The zero-order chi connectivity index (χ0) is 21.2. The van der Waals surface area contributed by atoms with Crippen LogP contribution in [0.5, 0.6) is 0 Å². The lowest BCUT2D eigenvalue weighted by molar-refractivity contribution is 0.0525. The first kappa shape index (κ1) is 19.7. The molecule has 3 aromatic rings. The van der Waals surface area contributed by atoms with Gasteiger partial charge in [0.15, 0.2) is 0 Å². The number of carbonyl (C=O) groups is 1. The SMILES string of the molecule is CCOC(=O)c1cnc(N2C[C@H]3C[C@@H]2CN3C(c2ccccc2)c2ccccc2)nc1. The molecule has 0 N–H and O–H groups in total. The Balaban J connectivity index is 1.36. The van der Waals surface area contributed by atoms with Crippen LogP contribution in [0.25, 0.3) is 0 Å². The van der Waals surface area contributed by atoms with E-state index in [1.54, 1.807) is 19.3 Å². The van der Waals surface area contributed by atoms with Gasteiger partial charge < -0.3 is 9.64 Å². The molecule has 1 aromatic heterocycles. The number of piperazine rings is 1. The number of anilines is 1. The van der Waals surface area contributed by atoms with Gasteiger partial charge >= 0.3 is 5.97 Å². The zero-order valence-electron chi connectivity index (χ0n) is 17.6. The molecule has 0 amide bonds. The van der Waals surface area contributed by atoms with Crippen LogP contribution in [-0.2, 0) is 4.74 Å². The highest BCUT2D eigenvalue weighted by Gasteiger charge is 2.47. The van der Waals surface area contributed by atoms with E-state index < -0.39 is 0 Å². The van der Waals surface area contributed by atoms with Crippen molar-refractivity contribution in [2.24, 2.45) is 0 Å². The second-order valence-electron chi connectivity index (χ2n) is 8.11. The van der Waals surface area contributed by atoms with Crippen LogP contribution >= 0.6 is 0 Å². The number of nitrogens with zero attached hydrogens (tertiary/aromatic N) is 4. The molecule has 0 aliphatic carbocycles. The van der Waals surface area contributed by atoms with E-state index in [0.717, 1.165) is 19.5 Å². The lowest BCUT2D eigenvalue weighted by Gasteiger charge is -2.39. The number of likely N-dealkylation sites (tertiary alicyclic amines) is 1. The maximum Gasteiger partial charge on any atom is 0.341 e. The van der Waals surface area contributed by atoms with Crippen LogP contribution in [-0.4, -0.2) is 52.6 Å². The van der Waals surface area contributed by atoms with Crippen molar-refractivity contribution >= 4 is 11.9 Å². The number of hydrogen-bond donors (Lipinski definition) is 0. The first-order chi connectivity index (χ1) is 15.2. The zero-order valence-corrected chi connectivity index (χ0v) is 17.6. The highest BCUT2D eigenvalue weighted by Crippen LogP contribution is 2.40. The van der Waals surface area contributed by atoms with Crippen LogP contribution in [0, 0.1) is 0 Å². The van der Waals surface area contributed by atoms with Gasteiger partial charge in [-0.1, -0.05) is 60.7 Å². The van der Waals surface area contributed by atoms with Crippen molar-refractivity contribution < 1.29 is 9.53 Å². The van der Waals surface area contributed by atoms with E-state index in [1.165, 1.54) is 11.1 Å². The molecule has 2 fully saturated rings. The van der Waals surface area contributed by atoms with Crippen molar-refractivity contribution in [2.45, 2.75) is 31.5 Å². The minimum Gasteiger partial charge on any atom is -0.462 e. The lowest BCUT2D eigenvalue weighted by atomic mass is 9.96. The number of benzene rings is 2. The van der Waals surface area contributed by atoms with Crippen molar-refractivity contribution in [3.8, 4) is 0 Å². The maximum atomic E-state index is 11.9. The molecule has 3 heterocycles. The van der Waals surface area contributed by atoms with E-state index in [1.807, 2.05) is 0 Å². The van der Waals surface area contributed by atoms with Gasteiger partial charge in [-0.25, -0.2) is 14.8 Å². The maximum absolute atomic E-state index is 11.9. The minimum absolute atomic E-state index is 0.242. The van der Waals surface area contributed by atoms with Crippen molar-refractivity contribution in [3.05, 3.63) is 89.7 Å². The predicted octanol–water partition coefficient (Wildman–Crippen LogP) is 3.71. The van der Waals surface area contributed by atoms with Gasteiger partial charge in [0, 0.05) is 37.6 Å².